The second-order valence-electron chi connectivity index (χ2n) is 3.91. The molecular weight excluding hydrogens is 274 g/mol. The Kier molecular flexibility index (Phi) is 6.47. The minimum absolute atomic E-state index is 0.0539. The van der Waals surface area contributed by atoms with Gasteiger partial charge < -0.3 is 5.11 Å². The lowest BCUT2D eigenvalue weighted by Gasteiger charge is -2.03. The van der Waals surface area contributed by atoms with Crippen LogP contribution >= 0.6 is 11.8 Å². The summed E-state index contributed by atoms with van der Waals surface area (Å²) in [6.45, 7) is 2.71. The Bertz CT molecular complexity index is 584. The zero-order chi connectivity index (χ0) is 15.0. The zero-order valence-electron chi connectivity index (χ0n) is 11.3. The predicted octanol–water partition coefficient (Wildman–Crippen LogP) is 4.15. The third-order valence-electron chi connectivity index (χ3n) is 2.27. The fourth-order valence-corrected chi connectivity index (χ4v) is 2.21. The first-order valence-electron chi connectivity index (χ1n) is 5.97. The van der Waals surface area contributed by atoms with Crippen LogP contribution in [0.1, 0.15) is 20.3 Å². The predicted molar refractivity (Wildman–Crippen MR) is 77.9 cm³/mol. The highest BCUT2D eigenvalue weighted by Crippen LogP contribution is 2.30. The van der Waals surface area contributed by atoms with E-state index in [0.29, 0.717) is 17.9 Å². The molecule has 0 amide bonds. The second kappa shape index (κ2) is 8.12. The van der Waals surface area contributed by atoms with Gasteiger partial charge in [0.25, 0.3) is 0 Å². The first-order valence-corrected chi connectivity index (χ1v) is 6.96. The number of hydrogen-bond donors (Lipinski definition) is 1. The number of hydrogen-bond acceptors (Lipinski definition) is 6. The SMILES string of the molecule is CC(=O)C(N=Nc1ccccc1SCCC#N)=C(C)O. The molecule has 0 atom stereocenters. The van der Waals surface area contributed by atoms with Gasteiger partial charge in [-0.1, -0.05) is 12.1 Å². The highest BCUT2D eigenvalue weighted by Gasteiger charge is 2.07. The van der Waals surface area contributed by atoms with Gasteiger partial charge in [0.1, 0.15) is 5.76 Å². The number of Topliss-reactive ketones (excluding diaryl/α,β-unsaturated/α-hetero) is 1. The van der Waals surface area contributed by atoms with Crippen LogP contribution in [0.4, 0.5) is 5.69 Å². The van der Waals surface area contributed by atoms with E-state index in [-0.39, 0.29) is 17.2 Å². The Morgan fingerprint density at radius 2 is 2.10 bits per heavy atom. The third kappa shape index (κ3) is 4.86. The van der Waals surface area contributed by atoms with Crippen molar-refractivity contribution in [1.82, 2.24) is 0 Å². The van der Waals surface area contributed by atoms with Crippen LogP contribution < -0.4 is 0 Å². The summed E-state index contributed by atoms with van der Waals surface area (Å²) in [4.78, 5) is 12.2. The summed E-state index contributed by atoms with van der Waals surface area (Å²) in [5, 5.41) is 25.7. The largest absolute Gasteiger partial charge is 0.510 e. The number of aliphatic hydroxyl groups is 1. The summed E-state index contributed by atoms with van der Waals surface area (Å²) in [5.41, 5.74) is 0.553. The van der Waals surface area contributed by atoms with Gasteiger partial charge in [0, 0.05) is 24.0 Å². The van der Waals surface area contributed by atoms with Gasteiger partial charge >= 0.3 is 0 Å². The lowest BCUT2D eigenvalue weighted by Crippen LogP contribution is -1.96. The molecule has 0 saturated carbocycles. The molecule has 0 aliphatic carbocycles. The van der Waals surface area contributed by atoms with E-state index >= 15 is 0 Å². The van der Waals surface area contributed by atoms with Crippen LogP contribution in [0.15, 0.2) is 50.8 Å². The Hall–Kier alpha value is -2.13. The molecule has 0 radical (unpaired) electrons. The van der Waals surface area contributed by atoms with E-state index in [1.165, 1.54) is 25.6 Å². The van der Waals surface area contributed by atoms with Crippen molar-refractivity contribution >= 4 is 23.2 Å². The van der Waals surface area contributed by atoms with Gasteiger partial charge in [0.15, 0.2) is 11.5 Å². The van der Waals surface area contributed by atoms with E-state index in [0.717, 1.165) is 4.90 Å². The summed E-state index contributed by atoms with van der Waals surface area (Å²) in [6.07, 6.45) is 0.449. The van der Waals surface area contributed by atoms with E-state index < -0.39 is 0 Å². The van der Waals surface area contributed by atoms with Gasteiger partial charge in [-0.3, -0.25) is 4.79 Å². The molecule has 0 aliphatic heterocycles. The Morgan fingerprint density at radius 1 is 1.40 bits per heavy atom. The fourth-order valence-electron chi connectivity index (χ4n) is 1.37. The van der Waals surface area contributed by atoms with Crippen molar-refractivity contribution in [2.45, 2.75) is 25.2 Å². The fraction of sp³-hybridized carbons (Fsp3) is 0.286. The van der Waals surface area contributed by atoms with E-state index in [9.17, 15) is 9.90 Å². The number of nitrogens with zero attached hydrogens (tertiary/aromatic N) is 3. The lowest BCUT2D eigenvalue weighted by molar-refractivity contribution is -0.113. The van der Waals surface area contributed by atoms with Crippen molar-refractivity contribution in [1.29, 1.82) is 5.26 Å². The monoisotopic (exact) mass is 289 g/mol. The molecule has 5 nitrogen and oxygen atoms in total. The van der Waals surface area contributed by atoms with Gasteiger partial charge in [-0.2, -0.15) is 5.26 Å². The number of aliphatic hydroxyl groups excluding tert-OH is 1. The van der Waals surface area contributed by atoms with Crippen molar-refractivity contribution in [3.63, 3.8) is 0 Å². The second-order valence-corrected chi connectivity index (χ2v) is 5.05. The van der Waals surface area contributed by atoms with E-state index in [1.54, 1.807) is 6.07 Å². The first kappa shape index (κ1) is 15.9. The van der Waals surface area contributed by atoms with Gasteiger partial charge in [0.05, 0.1) is 11.8 Å². The van der Waals surface area contributed by atoms with Gasteiger partial charge in [0.2, 0.25) is 0 Å². The molecule has 6 heteroatoms. The summed E-state index contributed by atoms with van der Waals surface area (Å²) < 4.78 is 0. The average Bonchev–Trinajstić information content (AvgIpc) is 2.40. The molecule has 1 rings (SSSR count). The Labute approximate surface area is 122 Å². The van der Waals surface area contributed by atoms with Crippen molar-refractivity contribution < 1.29 is 9.90 Å². The molecule has 20 heavy (non-hydrogen) atoms. The van der Waals surface area contributed by atoms with Gasteiger partial charge in [-0.25, -0.2) is 0 Å². The van der Waals surface area contributed by atoms with E-state index in [1.807, 2.05) is 18.2 Å². The Balaban J connectivity index is 2.95. The number of thioether (sulfide) groups is 1. The molecule has 0 unspecified atom stereocenters. The molecular formula is C14H15N3O2S. The molecule has 0 spiro atoms. The quantitative estimate of drug-likeness (QED) is 0.280. The van der Waals surface area contributed by atoms with Crippen LogP contribution in [0.2, 0.25) is 0 Å². The minimum atomic E-state index is -0.344. The van der Waals surface area contributed by atoms with E-state index in [2.05, 4.69) is 16.3 Å². The Morgan fingerprint density at radius 3 is 2.70 bits per heavy atom. The number of nitriles is 1. The maximum Gasteiger partial charge on any atom is 0.183 e. The van der Waals surface area contributed by atoms with Crippen molar-refractivity contribution in [2.75, 3.05) is 5.75 Å². The number of rotatable bonds is 6. The smallest absolute Gasteiger partial charge is 0.183 e. The summed E-state index contributed by atoms with van der Waals surface area (Å²) in [7, 11) is 0. The number of ketones is 1. The average molecular weight is 289 g/mol. The van der Waals surface area contributed by atoms with Gasteiger partial charge in [-0.15, -0.1) is 22.0 Å². The highest BCUT2D eigenvalue weighted by atomic mass is 32.2. The molecule has 0 heterocycles. The standard InChI is InChI=1S/C14H15N3O2S/c1-10(18)14(11(2)19)17-16-12-6-3-4-7-13(12)20-9-5-8-15/h3-4,6-7,18H,5,9H2,1-2H3. The third-order valence-corrected chi connectivity index (χ3v) is 3.34. The topological polar surface area (TPSA) is 85.8 Å². The van der Waals surface area contributed by atoms with Crippen molar-refractivity contribution in [3.8, 4) is 6.07 Å². The van der Waals surface area contributed by atoms with Crippen LogP contribution in [-0.2, 0) is 4.79 Å². The minimum Gasteiger partial charge on any atom is -0.510 e. The number of allylic oxidation sites excluding steroid dienone is 2. The molecule has 104 valence electrons. The molecule has 0 aliphatic rings. The lowest BCUT2D eigenvalue weighted by atomic mass is 10.3. The molecule has 1 aromatic rings. The molecule has 1 N–H and O–H groups in total. The maximum absolute atomic E-state index is 11.3. The normalized spacial score (nSPS) is 12.1. The van der Waals surface area contributed by atoms with Crippen LogP contribution in [0, 0.1) is 11.3 Å². The summed E-state index contributed by atoms with van der Waals surface area (Å²) in [5.74, 6) is 0.163. The summed E-state index contributed by atoms with van der Waals surface area (Å²) in [6, 6.07) is 9.40. The molecule has 0 aromatic heterocycles. The van der Waals surface area contributed by atoms with Crippen LogP contribution in [-0.4, -0.2) is 16.6 Å². The van der Waals surface area contributed by atoms with Crippen LogP contribution in [0.25, 0.3) is 0 Å². The molecule has 1 aromatic carbocycles. The van der Waals surface area contributed by atoms with E-state index in [4.69, 9.17) is 5.26 Å². The van der Waals surface area contributed by atoms with Crippen LogP contribution in [0.3, 0.4) is 0 Å². The maximum atomic E-state index is 11.3. The highest BCUT2D eigenvalue weighted by molar-refractivity contribution is 7.99. The van der Waals surface area contributed by atoms with Crippen molar-refractivity contribution in [3.05, 3.63) is 35.7 Å². The van der Waals surface area contributed by atoms with Crippen molar-refractivity contribution in [2.24, 2.45) is 10.2 Å². The van der Waals surface area contributed by atoms with Gasteiger partial charge in [-0.05, 0) is 19.1 Å². The zero-order valence-corrected chi connectivity index (χ0v) is 12.1. The number of carbonyl (C=O) groups is 1. The number of carbonyl (C=O) groups excluding carboxylic acids is 1. The molecule has 0 fully saturated rings. The summed E-state index contributed by atoms with van der Waals surface area (Å²) >= 11 is 1.50. The number of azo groups is 1. The molecule has 0 saturated heterocycles. The number of benzene rings is 1. The van der Waals surface area contributed by atoms with Crippen LogP contribution in [0.5, 0.6) is 0 Å². The first-order chi connectivity index (χ1) is 9.56. The molecule has 0 bridgehead atoms.